The zero-order valence-corrected chi connectivity index (χ0v) is 10.6. The first-order chi connectivity index (χ1) is 8.30. The molecule has 0 saturated carbocycles. The third kappa shape index (κ3) is 5.26. The van der Waals surface area contributed by atoms with Crippen LogP contribution in [0.15, 0.2) is 18.3 Å². The van der Waals surface area contributed by atoms with Crippen molar-refractivity contribution in [3.05, 3.63) is 29.6 Å². The Balaban J connectivity index is 2.57. The molecule has 96 valence electrons. The smallest absolute Gasteiger partial charge is 0.0558 e. The summed E-state index contributed by atoms with van der Waals surface area (Å²) in [6, 6.07) is 4.05. The van der Waals surface area contributed by atoms with Crippen LogP contribution in [0, 0.1) is 0 Å². The Kier molecular flexibility index (Phi) is 6.77. The molecule has 0 saturated heterocycles. The molecule has 0 fully saturated rings. The van der Waals surface area contributed by atoms with E-state index >= 15 is 0 Å². The lowest BCUT2D eigenvalue weighted by atomic mass is 10.2. The van der Waals surface area contributed by atoms with E-state index in [2.05, 4.69) is 16.8 Å². The fourth-order valence-electron chi connectivity index (χ4n) is 1.79. The molecule has 0 radical (unpaired) electrons. The van der Waals surface area contributed by atoms with E-state index in [1.54, 1.807) is 6.20 Å². The summed E-state index contributed by atoms with van der Waals surface area (Å²) in [6.07, 6.45) is 4.13. The number of hydrogen-bond donors (Lipinski definition) is 2. The predicted octanol–water partition coefficient (Wildman–Crippen LogP) is 1.13. The lowest BCUT2D eigenvalue weighted by Crippen LogP contribution is -2.27. The highest BCUT2D eigenvalue weighted by molar-refractivity contribution is 5.16. The van der Waals surface area contributed by atoms with Crippen LogP contribution >= 0.6 is 0 Å². The van der Waals surface area contributed by atoms with Crippen LogP contribution in [0.1, 0.15) is 31.0 Å². The molecule has 0 amide bonds. The Labute approximate surface area is 103 Å². The van der Waals surface area contributed by atoms with Gasteiger partial charge in [-0.25, -0.2) is 0 Å². The molecule has 0 spiro atoms. The Hall–Kier alpha value is -0.970. The summed E-state index contributed by atoms with van der Waals surface area (Å²) in [5.41, 5.74) is 7.70. The molecule has 0 aromatic carbocycles. The number of aliphatic hydroxyl groups excluding tert-OH is 1. The van der Waals surface area contributed by atoms with E-state index in [9.17, 15) is 0 Å². The second-order valence-electron chi connectivity index (χ2n) is 4.21. The van der Waals surface area contributed by atoms with Gasteiger partial charge in [0, 0.05) is 25.8 Å². The van der Waals surface area contributed by atoms with E-state index in [1.807, 2.05) is 12.1 Å². The van der Waals surface area contributed by atoms with Gasteiger partial charge in [-0.2, -0.15) is 0 Å². The van der Waals surface area contributed by atoms with Crippen molar-refractivity contribution >= 4 is 0 Å². The summed E-state index contributed by atoms with van der Waals surface area (Å²) in [6.45, 7) is 5.46. The number of pyridine rings is 1. The van der Waals surface area contributed by atoms with Gasteiger partial charge < -0.3 is 10.8 Å². The summed E-state index contributed by atoms with van der Waals surface area (Å²) >= 11 is 0. The average Bonchev–Trinajstić information content (AvgIpc) is 2.36. The zero-order valence-electron chi connectivity index (χ0n) is 10.6. The number of nitrogens with two attached hydrogens (primary N) is 1. The zero-order chi connectivity index (χ0) is 12.5. The normalized spacial score (nSPS) is 11.1. The number of hydrogen-bond acceptors (Lipinski definition) is 4. The molecule has 0 unspecified atom stereocenters. The minimum absolute atomic E-state index is 0.207. The Morgan fingerprint density at radius 1 is 1.41 bits per heavy atom. The van der Waals surface area contributed by atoms with E-state index in [1.165, 1.54) is 12.0 Å². The van der Waals surface area contributed by atoms with E-state index in [4.69, 9.17) is 10.8 Å². The van der Waals surface area contributed by atoms with Crippen LogP contribution in [-0.4, -0.2) is 34.7 Å². The summed E-state index contributed by atoms with van der Waals surface area (Å²) < 4.78 is 0. The standard InChI is InChI=1S/C13H23N3O/c1-2-3-6-16(7-8-17)11-12-4-5-15-13(9-12)10-14/h4-5,9,17H,2-3,6-8,10-11,14H2,1H3. The fourth-order valence-corrected chi connectivity index (χ4v) is 1.79. The van der Waals surface area contributed by atoms with E-state index in [0.29, 0.717) is 6.54 Å². The lowest BCUT2D eigenvalue weighted by Gasteiger charge is -2.21. The molecule has 1 aromatic heterocycles. The molecule has 1 aromatic rings. The maximum atomic E-state index is 9.04. The molecular formula is C13H23N3O. The van der Waals surface area contributed by atoms with E-state index in [-0.39, 0.29) is 6.61 Å². The number of unbranched alkanes of at least 4 members (excludes halogenated alkanes) is 1. The molecule has 17 heavy (non-hydrogen) atoms. The number of nitrogens with zero attached hydrogens (tertiary/aromatic N) is 2. The monoisotopic (exact) mass is 237 g/mol. The van der Waals surface area contributed by atoms with Crippen LogP contribution in [-0.2, 0) is 13.1 Å². The van der Waals surface area contributed by atoms with Crippen LogP contribution in [0.2, 0.25) is 0 Å². The molecule has 0 aliphatic carbocycles. The molecular weight excluding hydrogens is 214 g/mol. The molecule has 1 heterocycles. The third-order valence-corrected chi connectivity index (χ3v) is 2.74. The summed E-state index contributed by atoms with van der Waals surface area (Å²) in [7, 11) is 0. The SMILES string of the molecule is CCCCN(CCO)Cc1ccnc(CN)c1. The van der Waals surface area contributed by atoms with Gasteiger partial charge in [-0.3, -0.25) is 9.88 Å². The Morgan fingerprint density at radius 2 is 2.24 bits per heavy atom. The van der Waals surface area contributed by atoms with Crippen molar-refractivity contribution in [1.82, 2.24) is 9.88 Å². The van der Waals surface area contributed by atoms with Gasteiger partial charge in [0.1, 0.15) is 0 Å². The first kappa shape index (κ1) is 14.1. The third-order valence-electron chi connectivity index (χ3n) is 2.74. The summed E-state index contributed by atoms with van der Waals surface area (Å²) in [5.74, 6) is 0. The average molecular weight is 237 g/mol. The van der Waals surface area contributed by atoms with E-state index in [0.717, 1.165) is 31.7 Å². The van der Waals surface area contributed by atoms with Crippen molar-refractivity contribution in [1.29, 1.82) is 0 Å². The Morgan fingerprint density at radius 3 is 2.88 bits per heavy atom. The second-order valence-corrected chi connectivity index (χ2v) is 4.21. The van der Waals surface area contributed by atoms with Gasteiger partial charge >= 0.3 is 0 Å². The van der Waals surface area contributed by atoms with Crippen molar-refractivity contribution in [3.8, 4) is 0 Å². The summed E-state index contributed by atoms with van der Waals surface area (Å²) in [5, 5.41) is 9.04. The molecule has 1 rings (SSSR count). The molecule has 0 aliphatic heterocycles. The van der Waals surface area contributed by atoms with Crippen LogP contribution in [0.4, 0.5) is 0 Å². The highest BCUT2D eigenvalue weighted by atomic mass is 16.3. The maximum absolute atomic E-state index is 9.04. The van der Waals surface area contributed by atoms with Crippen molar-refractivity contribution in [3.63, 3.8) is 0 Å². The minimum atomic E-state index is 0.207. The first-order valence-electron chi connectivity index (χ1n) is 6.27. The van der Waals surface area contributed by atoms with Gasteiger partial charge in [-0.15, -0.1) is 0 Å². The van der Waals surface area contributed by atoms with Crippen molar-refractivity contribution in [2.75, 3.05) is 19.7 Å². The lowest BCUT2D eigenvalue weighted by molar-refractivity contribution is 0.188. The molecule has 4 nitrogen and oxygen atoms in total. The molecule has 3 N–H and O–H groups in total. The highest BCUT2D eigenvalue weighted by Crippen LogP contribution is 2.07. The van der Waals surface area contributed by atoms with Gasteiger partial charge in [0.2, 0.25) is 0 Å². The van der Waals surface area contributed by atoms with E-state index < -0.39 is 0 Å². The summed E-state index contributed by atoms with van der Waals surface area (Å²) in [4.78, 5) is 6.44. The highest BCUT2D eigenvalue weighted by Gasteiger charge is 2.05. The topological polar surface area (TPSA) is 62.4 Å². The van der Waals surface area contributed by atoms with Crippen molar-refractivity contribution in [2.24, 2.45) is 5.73 Å². The van der Waals surface area contributed by atoms with Crippen molar-refractivity contribution < 1.29 is 5.11 Å². The van der Waals surface area contributed by atoms with Crippen LogP contribution in [0.3, 0.4) is 0 Å². The number of aliphatic hydroxyl groups is 1. The van der Waals surface area contributed by atoms with Crippen LogP contribution < -0.4 is 5.73 Å². The van der Waals surface area contributed by atoms with Crippen LogP contribution in [0.25, 0.3) is 0 Å². The predicted molar refractivity (Wildman–Crippen MR) is 69.4 cm³/mol. The number of rotatable bonds is 8. The first-order valence-corrected chi connectivity index (χ1v) is 6.27. The quantitative estimate of drug-likeness (QED) is 0.711. The molecule has 0 aliphatic rings. The minimum Gasteiger partial charge on any atom is -0.395 e. The van der Waals surface area contributed by atoms with Crippen LogP contribution in [0.5, 0.6) is 0 Å². The van der Waals surface area contributed by atoms with Gasteiger partial charge in [0.05, 0.1) is 12.3 Å². The van der Waals surface area contributed by atoms with Crippen molar-refractivity contribution in [2.45, 2.75) is 32.9 Å². The number of aromatic nitrogens is 1. The largest absolute Gasteiger partial charge is 0.395 e. The Bertz CT molecular complexity index is 317. The van der Waals surface area contributed by atoms with Gasteiger partial charge in [-0.1, -0.05) is 13.3 Å². The van der Waals surface area contributed by atoms with Gasteiger partial charge in [-0.05, 0) is 30.7 Å². The molecule has 0 bridgehead atoms. The molecule has 4 heteroatoms. The fraction of sp³-hybridized carbons (Fsp3) is 0.615. The maximum Gasteiger partial charge on any atom is 0.0558 e. The van der Waals surface area contributed by atoms with Gasteiger partial charge in [0.25, 0.3) is 0 Å². The second kappa shape index (κ2) is 8.17. The van der Waals surface area contributed by atoms with Gasteiger partial charge in [0.15, 0.2) is 0 Å². The molecule has 0 atom stereocenters.